The van der Waals surface area contributed by atoms with Crippen molar-refractivity contribution in [1.82, 2.24) is 9.88 Å². The van der Waals surface area contributed by atoms with Crippen molar-refractivity contribution in [3.63, 3.8) is 0 Å². The number of fused-ring (bicyclic) bond motifs is 1. The van der Waals surface area contributed by atoms with Gasteiger partial charge in [-0.1, -0.05) is 12.1 Å². The number of benzene rings is 1. The Morgan fingerprint density at radius 1 is 1.33 bits per heavy atom. The minimum absolute atomic E-state index is 0.125. The number of para-hydroxylation sites is 1. The van der Waals surface area contributed by atoms with Gasteiger partial charge in [0.2, 0.25) is 5.91 Å². The predicted octanol–water partition coefficient (Wildman–Crippen LogP) is 2.86. The highest BCUT2D eigenvalue weighted by molar-refractivity contribution is 7.18. The number of rotatable bonds is 3. The molecule has 1 aliphatic rings. The number of nitrogens with zero attached hydrogens (tertiary/aromatic N) is 2. The van der Waals surface area contributed by atoms with E-state index in [1.54, 1.807) is 11.3 Å². The van der Waals surface area contributed by atoms with E-state index in [-0.39, 0.29) is 18.1 Å². The van der Waals surface area contributed by atoms with Gasteiger partial charge in [0.25, 0.3) is 0 Å². The minimum atomic E-state index is 0.125. The molecule has 0 N–H and O–H groups in total. The fourth-order valence-corrected chi connectivity index (χ4v) is 3.75. The third kappa shape index (κ3) is 3.41. The summed E-state index contributed by atoms with van der Waals surface area (Å²) in [5, 5.41) is 1.04. The molecule has 2 aromatic rings. The number of aryl methyl sites for hydroxylation is 1. The second-order valence-corrected chi connectivity index (χ2v) is 6.75. The Kier molecular flexibility index (Phi) is 4.22. The van der Waals surface area contributed by atoms with Crippen LogP contribution in [0.2, 0.25) is 0 Å². The molecule has 1 saturated heterocycles. The number of carbonyl (C=O) groups excluding carboxylic acids is 1. The van der Waals surface area contributed by atoms with Crippen molar-refractivity contribution in [3.05, 3.63) is 29.3 Å². The maximum Gasteiger partial charge on any atom is 0.223 e. The monoisotopic (exact) mass is 304 g/mol. The lowest BCUT2D eigenvalue weighted by atomic mass is 10.2. The first-order valence-electron chi connectivity index (χ1n) is 7.39. The lowest BCUT2D eigenvalue weighted by Gasteiger charge is -2.35. The van der Waals surface area contributed by atoms with Gasteiger partial charge >= 0.3 is 0 Å². The highest BCUT2D eigenvalue weighted by Gasteiger charge is 2.25. The number of carbonyl (C=O) groups is 1. The molecule has 1 aromatic carbocycles. The summed E-state index contributed by atoms with van der Waals surface area (Å²) in [7, 11) is 0. The molecule has 4 nitrogen and oxygen atoms in total. The molecule has 2 unspecified atom stereocenters. The van der Waals surface area contributed by atoms with Crippen LogP contribution in [-0.4, -0.2) is 41.1 Å². The zero-order valence-corrected chi connectivity index (χ0v) is 13.2. The first-order chi connectivity index (χ1) is 10.1. The average Bonchev–Trinajstić information content (AvgIpc) is 2.86. The molecular weight excluding hydrogens is 284 g/mol. The van der Waals surface area contributed by atoms with Crippen molar-refractivity contribution in [3.8, 4) is 0 Å². The molecule has 0 radical (unpaired) electrons. The summed E-state index contributed by atoms with van der Waals surface area (Å²) >= 11 is 1.68. The van der Waals surface area contributed by atoms with Gasteiger partial charge in [-0.05, 0) is 26.0 Å². The van der Waals surface area contributed by atoms with Crippen LogP contribution in [0.1, 0.15) is 25.3 Å². The Labute approximate surface area is 128 Å². The molecular formula is C16H20N2O2S. The lowest BCUT2D eigenvalue weighted by Crippen LogP contribution is -2.48. The van der Waals surface area contributed by atoms with Gasteiger partial charge in [-0.3, -0.25) is 4.79 Å². The van der Waals surface area contributed by atoms with Crippen molar-refractivity contribution >= 4 is 27.5 Å². The smallest absolute Gasteiger partial charge is 0.223 e. The highest BCUT2D eigenvalue weighted by atomic mass is 32.1. The van der Waals surface area contributed by atoms with Crippen LogP contribution in [0.3, 0.4) is 0 Å². The molecule has 1 amide bonds. The van der Waals surface area contributed by atoms with E-state index in [2.05, 4.69) is 11.1 Å². The Balaban J connectivity index is 1.60. The summed E-state index contributed by atoms with van der Waals surface area (Å²) in [6.07, 6.45) is 1.50. The van der Waals surface area contributed by atoms with Gasteiger partial charge in [-0.25, -0.2) is 4.98 Å². The van der Waals surface area contributed by atoms with E-state index in [4.69, 9.17) is 4.74 Å². The van der Waals surface area contributed by atoms with Crippen LogP contribution in [0.4, 0.5) is 0 Å². The summed E-state index contributed by atoms with van der Waals surface area (Å²) in [4.78, 5) is 18.8. The van der Waals surface area contributed by atoms with Crippen LogP contribution in [0.5, 0.6) is 0 Å². The molecule has 2 atom stereocenters. The van der Waals surface area contributed by atoms with Crippen molar-refractivity contribution in [2.24, 2.45) is 0 Å². The fourth-order valence-electron chi connectivity index (χ4n) is 2.78. The Bertz CT molecular complexity index is 597. The number of hydrogen-bond donors (Lipinski definition) is 0. The summed E-state index contributed by atoms with van der Waals surface area (Å²) in [6, 6.07) is 8.10. The van der Waals surface area contributed by atoms with Crippen molar-refractivity contribution in [1.29, 1.82) is 0 Å². The van der Waals surface area contributed by atoms with Gasteiger partial charge < -0.3 is 9.64 Å². The SMILES string of the molecule is CC1CN(C(=O)CCc2nc3ccccc3s2)CC(C)O1. The number of ether oxygens (including phenoxy) is 1. The van der Waals surface area contributed by atoms with Gasteiger partial charge in [-0.15, -0.1) is 11.3 Å². The van der Waals surface area contributed by atoms with E-state index in [1.807, 2.05) is 36.9 Å². The van der Waals surface area contributed by atoms with E-state index in [0.717, 1.165) is 16.9 Å². The summed E-state index contributed by atoms with van der Waals surface area (Å²) in [5.41, 5.74) is 1.03. The van der Waals surface area contributed by atoms with Gasteiger partial charge in [0.05, 0.1) is 27.4 Å². The zero-order valence-electron chi connectivity index (χ0n) is 12.4. The molecule has 21 heavy (non-hydrogen) atoms. The summed E-state index contributed by atoms with van der Waals surface area (Å²) < 4.78 is 6.85. The van der Waals surface area contributed by atoms with Crippen LogP contribution >= 0.6 is 11.3 Å². The molecule has 0 saturated carbocycles. The van der Waals surface area contributed by atoms with E-state index in [9.17, 15) is 4.79 Å². The molecule has 1 aliphatic heterocycles. The van der Waals surface area contributed by atoms with Gasteiger partial charge in [0.15, 0.2) is 0 Å². The maximum atomic E-state index is 12.3. The molecule has 1 aromatic heterocycles. The normalized spacial score (nSPS) is 22.7. The van der Waals surface area contributed by atoms with Crippen molar-refractivity contribution in [2.45, 2.75) is 38.9 Å². The van der Waals surface area contributed by atoms with Crippen LogP contribution in [0, 0.1) is 0 Å². The van der Waals surface area contributed by atoms with E-state index < -0.39 is 0 Å². The maximum absolute atomic E-state index is 12.3. The van der Waals surface area contributed by atoms with Gasteiger partial charge in [-0.2, -0.15) is 0 Å². The molecule has 0 spiro atoms. The number of aromatic nitrogens is 1. The Morgan fingerprint density at radius 3 is 2.76 bits per heavy atom. The molecule has 0 aliphatic carbocycles. The van der Waals surface area contributed by atoms with E-state index in [0.29, 0.717) is 19.5 Å². The largest absolute Gasteiger partial charge is 0.372 e. The van der Waals surface area contributed by atoms with Crippen LogP contribution in [-0.2, 0) is 16.0 Å². The fraction of sp³-hybridized carbons (Fsp3) is 0.500. The first-order valence-corrected chi connectivity index (χ1v) is 8.21. The number of hydrogen-bond acceptors (Lipinski definition) is 4. The minimum Gasteiger partial charge on any atom is -0.372 e. The van der Waals surface area contributed by atoms with Gasteiger partial charge in [0.1, 0.15) is 0 Å². The average molecular weight is 304 g/mol. The van der Waals surface area contributed by atoms with Crippen LogP contribution < -0.4 is 0 Å². The summed E-state index contributed by atoms with van der Waals surface area (Å²) in [6.45, 7) is 5.43. The van der Waals surface area contributed by atoms with E-state index >= 15 is 0 Å². The van der Waals surface area contributed by atoms with Crippen LogP contribution in [0.25, 0.3) is 10.2 Å². The highest BCUT2D eigenvalue weighted by Crippen LogP contribution is 2.23. The standard InChI is InChI=1S/C16H20N2O2S/c1-11-9-18(10-12(2)20-11)16(19)8-7-15-17-13-5-3-4-6-14(13)21-15/h3-6,11-12H,7-10H2,1-2H3. The predicted molar refractivity (Wildman–Crippen MR) is 84.5 cm³/mol. The second-order valence-electron chi connectivity index (χ2n) is 5.63. The number of thiazole rings is 1. The Hall–Kier alpha value is -1.46. The molecule has 2 heterocycles. The molecule has 1 fully saturated rings. The quantitative estimate of drug-likeness (QED) is 0.875. The van der Waals surface area contributed by atoms with Crippen molar-refractivity contribution < 1.29 is 9.53 Å². The zero-order chi connectivity index (χ0) is 14.8. The molecule has 0 bridgehead atoms. The number of morpholine rings is 1. The molecule has 3 rings (SSSR count). The Morgan fingerprint density at radius 2 is 2.05 bits per heavy atom. The van der Waals surface area contributed by atoms with Crippen LogP contribution in [0.15, 0.2) is 24.3 Å². The molecule has 5 heteroatoms. The molecule has 112 valence electrons. The number of amides is 1. The third-order valence-electron chi connectivity index (χ3n) is 3.66. The topological polar surface area (TPSA) is 42.4 Å². The first kappa shape index (κ1) is 14.5. The lowest BCUT2D eigenvalue weighted by molar-refractivity contribution is -0.143. The van der Waals surface area contributed by atoms with Gasteiger partial charge in [0, 0.05) is 25.9 Å². The summed E-state index contributed by atoms with van der Waals surface area (Å²) in [5.74, 6) is 0.205. The van der Waals surface area contributed by atoms with E-state index in [1.165, 1.54) is 4.70 Å². The second kappa shape index (κ2) is 6.12. The van der Waals surface area contributed by atoms with Crippen molar-refractivity contribution in [2.75, 3.05) is 13.1 Å². The third-order valence-corrected chi connectivity index (χ3v) is 4.76.